The van der Waals surface area contributed by atoms with Gasteiger partial charge in [0.05, 0.1) is 5.69 Å². The number of halogens is 2. The molecule has 98 valence electrons. The number of nitrogens with one attached hydrogen (secondary N) is 1. The maximum absolute atomic E-state index is 6.11. The number of anilines is 2. The van der Waals surface area contributed by atoms with E-state index in [2.05, 4.69) is 26.2 Å². The van der Waals surface area contributed by atoms with E-state index >= 15 is 0 Å². The number of thiocarbonyl (C=S) groups is 1. The second kappa shape index (κ2) is 5.86. The predicted octanol–water partition coefficient (Wildman–Crippen LogP) is 4.18. The number of nitrogens with two attached hydrogens (primary N) is 1. The van der Waals surface area contributed by atoms with Gasteiger partial charge in [-0.3, -0.25) is 0 Å². The summed E-state index contributed by atoms with van der Waals surface area (Å²) in [7, 11) is 0. The van der Waals surface area contributed by atoms with Gasteiger partial charge in [-0.2, -0.15) is 0 Å². The van der Waals surface area contributed by atoms with Crippen LogP contribution >= 0.6 is 39.7 Å². The standard InChI is InChI=1S/C13H11BrClN3S/c1-7-4-9(14)11(6-10(7)15)18-12-5-8(13(16)19)2-3-17-12/h2-6H,1H3,(H2,16,19)(H,17,18). The van der Waals surface area contributed by atoms with Gasteiger partial charge in [0.2, 0.25) is 0 Å². The van der Waals surface area contributed by atoms with Crippen molar-refractivity contribution in [2.75, 3.05) is 5.32 Å². The first-order valence-corrected chi connectivity index (χ1v) is 7.04. The van der Waals surface area contributed by atoms with Crippen LogP contribution in [0.4, 0.5) is 11.5 Å². The van der Waals surface area contributed by atoms with E-state index in [1.165, 1.54) is 0 Å². The van der Waals surface area contributed by atoms with Crippen molar-refractivity contribution in [2.45, 2.75) is 6.92 Å². The van der Waals surface area contributed by atoms with E-state index in [1.54, 1.807) is 18.3 Å². The molecule has 1 heterocycles. The lowest BCUT2D eigenvalue weighted by Gasteiger charge is -2.10. The summed E-state index contributed by atoms with van der Waals surface area (Å²) in [4.78, 5) is 4.56. The maximum Gasteiger partial charge on any atom is 0.131 e. The highest BCUT2D eigenvalue weighted by molar-refractivity contribution is 9.10. The van der Waals surface area contributed by atoms with Crippen molar-refractivity contribution in [1.29, 1.82) is 0 Å². The first kappa shape index (κ1) is 14.2. The summed E-state index contributed by atoms with van der Waals surface area (Å²) in [6, 6.07) is 7.35. The Morgan fingerprint density at radius 3 is 2.84 bits per heavy atom. The van der Waals surface area contributed by atoms with Crippen molar-refractivity contribution in [3.8, 4) is 0 Å². The van der Waals surface area contributed by atoms with Gasteiger partial charge >= 0.3 is 0 Å². The molecule has 1 aromatic heterocycles. The molecule has 19 heavy (non-hydrogen) atoms. The van der Waals surface area contributed by atoms with Gasteiger partial charge in [-0.15, -0.1) is 0 Å². The zero-order valence-corrected chi connectivity index (χ0v) is 13.2. The Balaban J connectivity index is 2.33. The minimum atomic E-state index is 0.339. The Morgan fingerprint density at radius 2 is 2.16 bits per heavy atom. The summed E-state index contributed by atoms with van der Waals surface area (Å²) in [6.07, 6.45) is 1.65. The minimum Gasteiger partial charge on any atom is -0.389 e. The van der Waals surface area contributed by atoms with Crippen molar-refractivity contribution >= 4 is 56.2 Å². The number of benzene rings is 1. The zero-order valence-electron chi connectivity index (χ0n) is 10.1. The molecule has 0 bridgehead atoms. The fraction of sp³-hybridized carbons (Fsp3) is 0.0769. The van der Waals surface area contributed by atoms with E-state index in [-0.39, 0.29) is 0 Å². The average molecular weight is 357 g/mol. The molecule has 0 radical (unpaired) electrons. The van der Waals surface area contributed by atoms with E-state index in [4.69, 9.17) is 29.6 Å². The number of hydrogen-bond donors (Lipinski definition) is 2. The topological polar surface area (TPSA) is 50.9 Å². The van der Waals surface area contributed by atoms with Crippen molar-refractivity contribution in [3.05, 3.63) is 51.1 Å². The molecule has 2 rings (SSSR count). The lowest BCUT2D eigenvalue weighted by molar-refractivity contribution is 1.29. The lowest BCUT2D eigenvalue weighted by Crippen LogP contribution is -2.09. The molecular weight excluding hydrogens is 346 g/mol. The van der Waals surface area contributed by atoms with E-state index in [0.717, 1.165) is 21.3 Å². The van der Waals surface area contributed by atoms with Crippen LogP contribution in [0.15, 0.2) is 34.9 Å². The van der Waals surface area contributed by atoms with Crippen LogP contribution in [0.2, 0.25) is 5.02 Å². The van der Waals surface area contributed by atoms with Crippen LogP contribution < -0.4 is 11.1 Å². The first-order valence-electron chi connectivity index (χ1n) is 5.46. The molecule has 1 aromatic carbocycles. The number of aromatic nitrogens is 1. The van der Waals surface area contributed by atoms with Gasteiger partial charge in [-0.25, -0.2) is 4.98 Å². The van der Waals surface area contributed by atoms with E-state index in [0.29, 0.717) is 15.8 Å². The second-order valence-corrected chi connectivity index (χ2v) is 5.70. The molecule has 0 aliphatic heterocycles. The summed E-state index contributed by atoms with van der Waals surface area (Å²) >= 11 is 14.5. The van der Waals surface area contributed by atoms with E-state index in [9.17, 15) is 0 Å². The number of pyridine rings is 1. The molecule has 0 atom stereocenters. The molecule has 3 nitrogen and oxygen atoms in total. The fourth-order valence-electron chi connectivity index (χ4n) is 1.53. The fourth-order valence-corrected chi connectivity index (χ4v) is 2.38. The molecule has 0 aliphatic rings. The lowest BCUT2D eigenvalue weighted by atomic mass is 10.2. The maximum atomic E-state index is 6.11. The zero-order chi connectivity index (χ0) is 14.0. The third-order valence-electron chi connectivity index (χ3n) is 2.56. The van der Waals surface area contributed by atoms with Gasteiger partial charge in [-0.1, -0.05) is 23.8 Å². The molecule has 0 unspecified atom stereocenters. The molecular formula is C13H11BrClN3S. The summed E-state index contributed by atoms with van der Waals surface area (Å²) in [5, 5.41) is 3.87. The van der Waals surface area contributed by atoms with Crippen LogP contribution in [0.3, 0.4) is 0 Å². The molecule has 0 spiro atoms. The number of nitrogens with zero attached hydrogens (tertiary/aromatic N) is 1. The minimum absolute atomic E-state index is 0.339. The molecule has 0 saturated carbocycles. The Bertz CT molecular complexity index is 646. The van der Waals surface area contributed by atoms with Crippen molar-refractivity contribution in [3.63, 3.8) is 0 Å². The van der Waals surface area contributed by atoms with Gasteiger partial charge < -0.3 is 11.1 Å². The van der Waals surface area contributed by atoms with Crippen LogP contribution in [0, 0.1) is 6.92 Å². The molecule has 0 saturated heterocycles. The number of rotatable bonds is 3. The van der Waals surface area contributed by atoms with Crippen LogP contribution in [-0.4, -0.2) is 9.97 Å². The Labute approximate surface area is 130 Å². The van der Waals surface area contributed by atoms with Crippen LogP contribution in [0.5, 0.6) is 0 Å². The largest absolute Gasteiger partial charge is 0.389 e. The molecule has 6 heteroatoms. The number of hydrogen-bond acceptors (Lipinski definition) is 3. The smallest absolute Gasteiger partial charge is 0.131 e. The summed E-state index contributed by atoms with van der Waals surface area (Å²) in [5.74, 6) is 0.658. The molecule has 0 aliphatic carbocycles. The Hall–Kier alpha value is -1.17. The van der Waals surface area contributed by atoms with Crippen LogP contribution in [0.1, 0.15) is 11.1 Å². The van der Waals surface area contributed by atoms with Gasteiger partial charge in [0.15, 0.2) is 0 Å². The molecule has 0 fully saturated rings. The Kier molecular flexibility index (Phi) is 4.39. The summed E-state index contributed by atoms with van der Waals surface area (Å²) in [5.41, 5.74) is 8.20. The van der Waals surface area contributed by atoms with Crippen LogP contribution in [0.25, 0.3) is 0 Å². The quantitative estimate of drug-likeness (QED) is 0.810. The van der Waals surface area contributed by atoms with Crippen molar-refractivity contribution in [1.82, 2.24) is 4.98 Å². The highest BCUT2D eigenvalue weighted by atomic mass is 79.9. The van der Waals surface area contributed by atoms with Gasteiger partial charge in [-0.05, 0) is 52.7 Å². The highest BCUT2D eigenvalue weighted by Gasteiger charge is 2.06. The SMILES string of the molecule is Cc1cc(Br)c(Nc2cc(C(N)=S)ccn2)cc1Cl. The van der Waals surface area contributed by atoms with Gasteiger partial charge in [0.25, 0.3) is 0 Å². The van der Waals surface area contributed by atoms with Gasteiger partial charge in [0, 0.05) is 21.3 Å². The predicted molar refractivity (Wildman–Crippen MR) is 87.3 cm³/mol. The van der Waals surface area contributed by atoms with Crippen molar-refractivity contribution in [2.24, 2.45) is 5.73 Å². The summed E-state index contributed by atoms with van der Waals surface area (Å²) < 4.78 is 0.914. The van der Waals surface area contributed by atoms with E-state index < -0.39 is 0 Å². The van der Waals surface area contributed by atoms with Crippen molar-refractivity contribution < 1.29 is 0 Å². The highest BCUT2D eigenvalue weighted by Crippen LogP contribution is 2.31. The average Bonchev–Trinajstić information content (AvgIpc) is 2.36. The summed E-state index contributed by atoms with van der Waals surface area (Å²) in [6.45, 7) is 1.95. The third-order valence-corrected chi connectivity index (χ3v) is 3.85. The third kappa shape index (κ3) is 3.43. The normalized spacial score (nSPS) is 10.3. The first-order chi connectivity index (χ1) is 8.97. The monoisotopic (exact) mass is 355 g/mol. The van der Waals surface area contributed by atoms with Gasteiger partial charge in [0.1, 0.15) is 10.8 Å². The molecule has 3 N–H and O–H groups in total. The number of aryl methyl sites for hydroxylation is 1. The molecule has 0 amide bonds. The van der Waals surface area contributed by atoms with Crippen LogP contribution in [-0.2, 0) is 0 Å². The molecule has 2 aromatic rings. The van der Waals surface area contributed by atoms with E-state index in [1.807, 2.05) is 19.1 Å². The second-order valence-electron chi connectivity index (χ2n) is 4.00. The Morgan fingerprint density at radius 1 is 1.42 bits per heavy atom.